The Morgan fingerprint density at radius 1 is 1.69 bits per heavy atom. The second-order valence-corrected chi connectivity index (χ2v) is 4.92. The molecule has 0 fully saturated rings. The van der Waals surface area contributed by atoms with Gasteiger partial charge in [-0.2, -0.15) is 0 Å². The van der Waals surface area contributed by atoms with Gasteiger partial charge < -0.3 is 5.11 Å². The van der Waals surface area contributed by atoms with Crippen molar-refractivity contribution in [2.75, 3.05) is 13.1 Å². The summed E-state index contributed by atoms with van der Waals surface area (Å²) in [6.45, 7) is 7.07. The molecule has 0 radical (unpaired) electrons. The van der Waals surface area contributed by atoms with Gasteiger partial charge in [0.1, 0.15) is 0 Å². The molecule has 0 aromatic carbocycles. The highest BCUT2D eigenvalue weighted by atomic mass is 32.1. The Kier molecular flexibility index (Phi) is 2.41. The zero-order chi connectivity index (χ0) is 9.42. The molecule has 2 rings (SSSR count). The standard InChI is InChI=1S/C10H15NOS/c1-3-11-5-9(12)8-4-7(2)13-10(8)6-11/h4,9,12H,3,5-6H2,1-2H3. The topological polar surface area (TPSA) is 23.5 Å². The molecular weight excluding hydrogens is 182 g/mol. The van der Waals surface area contributed by atoms with E-state index in [0.29, 0.717) is 0 Å². The van der Waals surface area contributed by atoms with Gasteiger partial charge in [0.25, 0.3) is 0 Å². The first-order valence-electron chi connectivity index (χ1n) is 4.70. The van der Waals surface area contributed by atoms with Gasteiger partial charge in [0.15, 0.2) is 0 Å². The largest absolute Gasteiger partial charge is 0.387 e. The molecule has 72 valence electrons. The summed E-state index contributed by atoms with van der Waals surface area (Å²) in [5, 5.41) is 9.84. The van der Waals surface area contributed by atoms with Gasteiger partial charge in [-0.3, -0.25) is 4.90 Å². The van der Waals surface area contributed by atoms with Crippen LogP contribution in [0.2, 0.25) is 0 Å². The fourth-order valence-electron chi connectivity index (χ4n) is 1.84. The third-order valence-electron chi connectivity index (χ3n) is 2.57. The van der Waals surface area contributed by atoms with Crippen LogP contribution in [-0.2, 0) is 6.54 Å². The number of nitrogens with zero attached hydrogens (tertiary/aromatic N) is 1. The number of hydrogen-bond acceptors (Lipinski definition) is 3. The van der Waals surface area contributed by atoms with Gasteiger partial charge in [-0.1, -0.05) is 6.92 Å². The number of fused-ring (bicyclic) bond motifs is 1. The summed E-state index contributed by atoms with van der Waals surface area (Å²) in [6.07, 6.45) is -0.270. The molecule has 0 aliphatic carbocycles. The normalized spacial score (nSPS) is 23.2. The molecular formula is C10H15NOS. The Hall–Kier alpha value is -0.380. The lowest BCUT2D eigenvalue weighted by atomic mass is 10.1. The third-order valence-corrected chi connectivity index (χ3v) is 3.62. The summed E-state index contributed by atoms with van der Waals surface area (Å²) in [4.78, 5) is 4.93. The van der Waals surface area contributed by atoms with Crippen LogP contribution in [-0.4, -0.2) is 23.1 Å². The van der Waals surface area contributed by atoms with Crippen molar-refractivity contribution >= 4 is 11.3 Å². The van der Waals surface area contributed by atoms with Crippen LogP contribution in [0.25, 0.3) is 0 Å². The molecule has 1 unspecified atom stereocenters. The molecule has 0 bridgehead atoms. The molecule has 0 saturated heterocycles. The molecule has 3 heteroatoms. The lowest BCUT2D eigenvalue weighted by Gasteiger charge is -2.28. The lowest BCUT2D eigenvalue weighted by Crippen LogP contribution is -2.32. The first kappa shape index (κ1) is 9.19. The molecule has 1 aromatic heterocycles. The quantitative estimate of drug-likeness (QED) is 0.743. The molecule has 1 aliphatic rings. The minimum atomic E-state index is -0.270. The van der Waals surface area contributed by atoms with Crippen LogP contribution in [0.4, 0.5) is 0 Å². The summed E-state index contributed by atoms with van der Waals surface area (Å²) < 4.78 is 0. The molecule has 0 spiro atoms. The van der Waals surface area contributed by atoms with E-state index in [0.717, 1.165) is 25.2 Å². The summed E-state index contributed by atoms with van der Waals surface area (Å²) in [6, 6.07) is 2.12. The molecule has 1 atom stereocenters. The van der Waals surface area contributed by atoms with Crippen molar-refractivity contribution in [2.24, 2.45) is 0 Å². The fourth-order valence-corrected chi connectivity index (χ4v) is 2.97. The Morgan fingerprint density at radius 3 is 3.15 bits per heavy atom. The molecule has 0 amide bonds. The van der Waals surface area contributed by atoms with Crippen LogP contribution in [0.5, 0.6) is 0 Å². The molecule has 0 saturated carbocycles. The van der Waals surface area contributed by atoms with Gasteiger partial charge in [0, 0.05) is 22.8 Å². The Bertz CT molecular complexity index is 308. The number of rotatable bonds is 1. The third kappa shape index (κ3) is 1.64. The van der Waals surface area contributed by atoms with E-state index in [-0.39, 0.29) is 6.10 Å². The molecule has 1 N–H and O–H groups in total. The van der Waals surface area contributed by atoms with Gasteiger partial charge in [-0.05, 0) is 25.1 Å². The number of β-amino-alcohol motifs (C(OH)–C–C–N with tert-alkyl or cyclic N) is 1. The highest BCUT2D eigenvalue weighted by Crippen LogP contribution is 2.32. The Labute approximate surface area is 82.8 Å². The van der Waals surface area contributed by atoms with Crippen LogP contribution in [0.3, 0.4) is 0 Å². The van der Waals surface area contributed by atoms with E-state index in [1.807, 2.05) is 11.3 Å². The average Bonchev–Trinajstić information content (AvgIpc) is 2.46. The van der Waals surface area contributed by atoms with E-state index >= 15 is 0 Å². The Balaban J connectivity index is 2.30. The van der Waals surface area contributed by atoms with Gasteiger partial charge in [-0.15, -0.1) is 11.3 Å². The maximum Gasteiger partial charge on any atom is 0.0928 e. The predicted octanol–water partition coefficient (Wildman–Crippen LogP) is 1.93. The van der Waals surface area contributed by atoms with Crippen molar-refractivity contribution in [3.63, 3.8) is 0 Å². The number of aliphatic hydroxyl groups excluding tert-OH is 1. The Morgan fingerprint density at radius 2 is 2.46 bits per heavy atom. The maximum atomic E-state index is 9.84. The lowest BCUT2D eigenvalue weighted by molar-refractivity contribution is 0.0976. The van der Waals surface area contributed by atoms with E-state index in [9.17, 15) is 5.11 Å². The van der Waals surface area contributed by atoms with E-state index in [4.69, 9.17) is 0 Å². The summed E-state index contributed by atoms with van der Waals surface area (Å²) in [5.41, 5.74) is 1.16. The van der Waals surface area contributed by atoms with Crippen LogP contribution in [0.1, 0.15) is 28.3 Å². The number of likely N-dealkylation sites (N-methyl/N-ethyl adjacent to an activating group) is 1. The second-order valence-electron chi connectivity index (χ2n) is 3.58. The zero-order valence-electron chi connectivity index (χ0n) is 8.08. The van der Waals surface area contributed by atoms with Crippen molar-refractivity contribution in [2.45, 2.75) is 26.5 Å². The van der Waals surface area contributed by atoms with Crippen LogP contribution < -0.4 is 0 Å². The predicted molar refractivity (Wildman–Crippen MR) is 55.0 cm³/mol. The van der Waals surface area contributed by atoms with Gasteiger partial charge in [0.2, 0.25) is 0 Å². The van der Waals surface area contributed by atoms with Crippen molar-refractivity contribution in [1.29, 1.82) is 0 Å². The minimum absolute atomic E-state index is 0.270. The van der Waals surface area contributed by atoms with Crippen LogP contribution in [0.15, 0.2) is 6.07 Å². The SMILES string of the molecule is CCN1Cc2sc(C)cc2C(O)C1. The van der Waals surface area contributed by atoms with E-state index < -0.39 is 0 Å². The minimum Gasteiger partial charge on any atom is -0.387 e. The summed E-state index contributed by atoms with van der Waals surface area (Å²) in [7, 11) is 0. The second kappa shape index (κ2) is 3.40. The molecule has 13 heavy (non-hydrogen) atoms. The van der Waals surface area contributed by atoms with Crippen molar-refractivity contribution in [3.8, 4) is 0 Å². The van der Waals surface area contributed by atoms with Crippen LogP contribution >= 0.6 is 11.3 Å². The molecule has 1 aliphatic heterocycles. The van der Waals surface area contributed by atoms with Gasteiger partial charge >= 0.3 is 0 Å². The van der Waals surface area contributed by atoms with E-state index in [1.165, 1.54) is 9.75 Å². The number of aliphatic hydroxyl groups is 1. The smallest absolute Gasteiger partial charge is 0.0928 e. The van der Waals surface area contributed by atoms with Crippen molar-refractivity contribution in [3.05, 3.63) is 21.4 Å². The van der Waals surface area contributed by atoms with E-state index in [1.54, 1.807) is 0 Å². The number of thiophene rings is 1. The maximum absolute atomic E-state index is 9.84. The fraction of sp³-hybridized carbons (Fsp3) is 0.600. The summed E-state index contributed by atoms with van der Waals surface area (Å²) >= 11 is 1.81. The first-order chi connectivity index (χ1) is 6.20. The average molecular weight is 197 g/mol. The van der Waals surface area contributed by atoms with E-state index in [2.05, 4.69) is 24.8 Å². The monoisotopic (exact) mass is 197 g/mol. The van der Waals surface area contributed by atoms with Gasteiger partial charge in [-0.25, -0.2) is 0 Å². The highest BCUT2D eigenvalue weighted by Gasteiger charge is 2.24. The van der Waals surface area contributed by atoms with Crippen molar-refractivity contribution < 1.29 is 5.11 Å². The highest BCUT2D eigenvalue weighted by molar-refractivity contribution is 7.12. The molecule has 2 nitrogen and oxygen atoms in total. The van der Waals surface area contributed by atoms with Crippen LogP contribution in [0, 0.1) is 6.92 Å². The first-order valence-corrected chi connectivity index (χ1v) is 5.52. The number of hydrogen-bond donors (Lipinski definition) is 1. The zero-order valence-corrected chi connectivity index (χ0v) is 8.90. The summed E-state index contributed by atoms with van der Waals surface area (Å²) in [5.74, 6) is 0. The molecule has 2 heterocycles. The van der Waals surface area contributed by atoms with Gasteiger partial charge in [0.05, 0.1) is 6.10 Å². The molecule has 1 aromatic rings. The number of aryl methyl sites for hydroxylation is 1. The van der Waals surface area contributed by atoms with Crippen molar-refractivity contribution in [1.82, 2.24) is 4.90 Å².